The summed E-state index contributed by atoms with van der Waals surface area (Å²) in [7, 11) is 0. The first-order valence-electron chi connectivity index (χ1n) is 8.94. The topological polar surface area (TPSA) is 116 Å². The summed E-state index contributed by atoms with van der Waals surface area (Å²) in [6.45, 7) is 0.685. The summed E-state index contributed by atoms with van der Waals surface area (Å²) in [5.74, 6) is -2.34. The van der Waals surface area contributed by atoms with Crippen molar-refractivity contribution in [1.82, 2.24) is 19.5 Å². The molecule has 1 aliphatic rings. The second-order valence-corrected chi connectivity index (χ2v) is 6.92. The Morgan fingerprint density at radius 1 is 1.21 bits per heavy atom. The van der Waals surface area contributed by atoms with Crippen molar-refractivity contribution in [1.29, 1.82) is 0 Å². The highest BCUT2D eigenvalue weighted by Crippen LogP contribution is 2.28. The molecule has 4 rings (SSSR count). The number of carbonyl (C=O) groups is 1. The lowest BCUT2D eigenvalue weighted by Crippen LogP contribution is -2.50. The number of fused-ring (bicyclic) bond motifs is 1. The van der Waals surface area contributed by atoms with Crippen LogP contribution in [0.15, 0.2) is 24.5 Å². The molecule has 1 aromatic carbocycles. The monoisotopic (exact) mass is 405 g/mol. The standard InChI is InChI=1S/C18H18F3N7O/c19-10-1-2-27(8-13(10)22)18-26-14-3-11(20)12(21)4-16(14)28(18)7-9-5-25-15(6-24-9)17(23)29/h3-6,10,13H,1-2,7-8,22H2,(H2,23,29)/t10-,13-/m1/s1. The highest BCUT2D eigenvalue weighted by Gasteiger charge is 2.29. The highest BCUT2D eigenvalue weighted by molar-refractivity contribution is 5.90. The van der Waals surface area contributed by atoms with Crippen molar-refractivity contribution in [3.63, 3.8) is 0 Å². The molecule has 152 valence electrons. The molecule has 0 unspecified atom stereocenters. The lowest BCUT2D eigenvalue weighted by Gasteiger charge is -2.34. The van der Waals surface area contributed by atoms with Crippen LogP contribution in [0.1, 0.15) is 22.6 Å². The van der Waals surface area contributed by atoms with Crippen LogP contribution in [0.5, 0.6) is 0 Å². The minimum absolute atomic E-state index is 0.00794. The van der Waals surface area contributed by atoms with E-state index in [-0.39, 0.29) is 30.7 Å². The fraction of sp³-hybridized carbons (Fsp3) is 0.333. The van der Waals surface area contributed by atoms with E-state index < -0.39 is 29.8 Å². The average molecular weight is 405 g/mol. The number of amides is 1. The van der Waals surface area contributed by atoms with Crippen molar-refractivity contribution in [2.75, 3.05) is 18.0 Å². The van der Waals surface area contributed by atoms with Gasteiger partial charge in [0.15, 0.2) is 11.6 Å². The predicted molar refractivity (Wildman–Crippen MR) is 99.0 cm³/mol. The maximum Gasteiger partial charge on any atom is 0.268 e. The Balaban J connectivity index is 1.77. The SMILES string of the molecule is NC(=O)c1cnc(Cn2c(N3CC[C@@H](F)[C@H](N)C3)nc3cc(F)c(F)cc32)cn1. The van der Waals surface area contributed by atoms with Crippen LogP contribution in [-0.4, -0.2) is 50.7 Å². The van der Waals surface area contributed by atoms with E-state index in [0.717, 1.165) is 12.1 Å². The number of carbonyl (C=O) groups excluding carboxylic acids is 1. The van der Waals surface area contributed by atoms with Crippen LogP contribution in [-0.2, 0) is 6.54 Å². The van der Waals surface area contributed by atoms with Gasteiger partial charge in [0.1, 0.15) is 11.9 Å². The number of benzene rings is 1. The molecule has 1 aliphatic heterocycles. The summed E-state index contributed by atoms with van der Waals surface area (Å²) in [5.41, 5.74) is 12.1. The Labute approximate surface area is 163 Å². The van der Waals surface area contributed by atoms with Gasteiger partial charge in [-0.3, -0.25) is 9.78 Å². The molecule has 1 fully saturated rings. The van der Waals surface area contributed by atoms with Crippen LogP contribution in [0.3, 0.4) is 0 Å². The molecule has 4 N–H and O–H groups in total. The number of alkyl halides is 1. The Morgan fingerprint density at radius 2 is 1.97 bits per heavy atom. The van der Waals surface area contributed by atoms with Gasteiger partial charge in [0.2, 0.25) is 5.95 Å². The zero-order valence-electron chi connectivity index (χ0n) is 15.2. The quantitative estimate of drug-likeness (QED) is 0.672. The molecule has 0 aliphatic carbocycles. The third-order valence-corrected chi connectivity index (χ3v) is 4.90. The molecule has 1 saturated heterocycles. The molecule has 0 radical (unpaired) electrons. The first-order valence-corrected chi connectivity index (χ1v) is 8.94. The zero-order chi connectivity index (χ0) is 20.7. The van der Waals surface area contributed by atoms with Gasteiger partial charge < -0.3 is 20.9 Å². The summed E-state index contributed by atoms with van der Waals surface area (Å²) in [6.07, 6.45) is 1.71. The summed E-state index contributed by atoms with van der Waals surface area (Å²) in [6, 6.07) is 1.36. The molecular weight excluding hydrogens is 387 g/mol. The van der Waals surface area contributed by atoms with Crippen molar-refractivity contribution in [2.24, 2.45) is 11.5 Å². The van der Waals surface area contributed by atoms with E-state index in [2.05, 4.69) is 15.0 Å². The second-order valence-electron chi connectivity index (χ2n) is 6.92. The van der Waals surface area contributed by atoms with Crippen LogP contribution < -0.4 is 16.4 Å². The number of piperidine rings is 1. The van der Waals surface area contributed by atoms with E-state index in [9.17, 15) is 18.0 Å². The number of anilines is 1. The molecule has 2 atom stereocenters. The van der Waals surface area contributed by atoms with Gasteiger partial charge >= 0.3 is 0 Å². The number of aromatic nitrogens is 4. The molecule has 0 saturated carbocycles. The predicted octanol–water partition coefficient (Wildman–Crippen LogP) is 1.13. The number of hydrogen-bond acceptors (Lipinski definition) is 6. The van der Waals surface area contributed by atoms with E-state index in [1.165, 1.54) is 12.4 Å². The number of nitrogens with zero attached hydrogens (tertiary/aromatic N) is 5. The maximum atomic E-state index is 13.9. The lowest BCUT2D eigenvalue weighted by molar-refractivity contribution is 0.0995. The zero-order valence-corrected chi connectivity index (χ0v) is 15.2. The van der Waals surface area contributed by atoms with E-state index in [0.29, 0.717) is 23.7 Å². The normalized spacial score (nSPS) is 19.7. The van der Waals surface area contributed by atoms with Crippen LogP contribution in [0.2, 0.25) is 0 Å². The maximum absolute atomic E-state index is 13.9. The van der Waals surface area contributed by atoms with Gasteiger partial charge in [-0.15, -0.1) is 0 Å². The molecule has 8 nitrogen and oxygen atoms in total. The molecule has 3 aromatic rings. The van der Waals surface area contributed by atoms with Gasteiger partial charge in [-0.05, 0) is 6.42 Å². The van der Waals surface area contributed by atoms with Crippen molar-refractivity contribution in [3.05, 3.63) is 47.5 Å². The van der Waals surface area contributed by atoms with Gasteiger partial charge in [0.05, 0.1) is 41.7 Å². The first-order chi connectivity index (χ1) is 13.8. The highest BCUT2D eigenvalue weighted by atomic mass is 19.2. The second kappa shape index (κ2) is 7.32. The Bertz CT molecular complexity index is 1070. The van der Waals surface area contributed by atoms with E-state index in [4.69, 9.17) is 11.5 Å². The minimum atomic E-state index is -1.12. The van der Waals surface area contributed by atoms with Crippen LogP contribution >= 0.6 is 0 Å². The number of nitrogens with two attached hydrogens (primary N) is 2. The van der Waals surface area contributed by atoms with E-state index in [1.807, 2.05) is 0 Å². The summed E-state index contributed by atoms with van der Waals surface area (Å²) in [5, 5.41) is 0. The number of halogens is 3. The lowest BCUT2D eigenvalue weighted by atomic mass is 10.1. The number of rotatable bonds is 4. The van der Waals surface area contributed by atoms with Gasteiger partial charge in [0.25, 0.3) is 5.91 Å². The van der Waals surface area contributed by atoms with Gasteiger partial charge in [-0.1, -0.05) is 0 Å². The Kier molecular flexibility index (Phi) is 4.82. The smallest absolute Gasteiger partial charge is 0.268 e. The molecule has 11 heteroatoms. The van der Waals surface area contributed by atoms with Gasteiger partial charge in [-0.2, -0.15) is 0 Å². The van der Waals surface area contributed by atoms with Crippen LogP contribution in [0.25, 0.3) is 11.0 Å². The van der Waals surface area contributed by atoms with Crippen molar-refractivity contribution < 1.29 is 18.0 Å². The van der Waals surface area contributed by atoms with Crippen LogP contribution in [0, 0.1) is 11.6 Å². The van der Waals surface area contributed by atoms with Gasteiger partial charge in [-0.25, -0.2) is 23.1 Å². The Morgan fingerprint density at radius 3 is 2.62 bits per heavy atom. The fourth-order valence-electron chi connectivity index (χ4n) is 3.37. The molecule has 0 spiro atoms. The third kappa shape index (κ3) is 3.60. The number of imidazole rings is 1. The summed E-state index contributed by atoms with van der Waals surface area (Å²) < 4.78 is 43.0. The van der Waals surface area contributed by atoms with E-state index in [1.54, 1.807) is 9.47 Å². The minimum Gasteiger partial charge on any atom is -0.364 e. The largest absolute Gasteiger partial charge is 0.364 e. The number of hydrogen-bond donors (Lipinski definition) is 2. The van der Waals surface area contributed by atoms with Gasteiger partial charge in [0, 0.05) is 25.2 Å². The molecule has 2 aromatic heterocycles. The molecule has 0 bridgehead atoms. The number of primary amides is 1. The van der Waals surface area contributed by atoms with Crippen LogP contribution in [0.4, 0.5) is 19.1 Å². The average Bonchev–Trinajstić information content (AvgIpc) is 3.02. The first kappa shape index (κ1) is 19.1. The molecule has 1 amide bonds. The fourth-order valence-corrected chi connectivity index (χ4v) is 3.37. The third-order valence-electron chi connectivity index (χ3n) is 4.90. The summed E-state index contributed by atoms with van der Waals surface area (Å²) in [4.78, 5) is 25.5. The van der Waals surface area contributed by atoms with Crippen molar-refractivity contribution >= 4 is 22.9 Å². The van der Waals surface area contributed by atoms with Crippen molar-refractivity contribution in [3.8, 4) is 0 Å². The van der Waals surface area contributed by atoms with Crippen molar-refractivity contribution in [2.45, 2.75) is 25.2 Å². The molecular formula is C18H18F3N7O. The summed E-state index contributed by atoms with van der Waals surface area (Å²) >= 11 is 0. The van der Waals surface area contributed by atoms with E-state index >= 15 is 0 Å². The molecule has 3 heterocycles. The Hall–Kier alpha value is -3.21. The molecule has 29 heavy (non-hydrogen) atoms.